The SMILES string of the molecule is CCC(C)C(NC(=O)CNC(=O)C(N)CC(N)=O)C(=O)NC(Cc1cnc[nH]1)C(=O)O. The minimum Gasteiger partial charge on any atom is -0.480 e. The molecule has 13 heteroatoms. The first kappa shape index (κ1) is 25.6. The van der Waals surface area contributed by atoms with Crippen LogP contribution in [0.3, 0.4) is 0 Å². The zero-order chi connectivity index (χ0) is 23.6. The number of nitrogens with one attached hydrogen (secondary N) is 4. The summed E-state index contributed by atoms with van der Waals surface area (Å²) in [6.45, 7) is 3.04. The molecule has 0 saturated carbocycles. The first-order valence-corrected chi connectivity index (χ1v) is 9.66. The Hall–Kier alpha value is -3.48. The molecule has 31 heavy (non-hydrogen) atoms. The number of hydrogen-bond donors (Lipinski definition) is 7. The van der Waals surface area contributed by atoms with Crippen molar-refractivity contribution < 1.29 is 29.1 Å². The second kappa shape index (κ2) is 12.3. The quantitative estimate of drug-likeness (QED) is 0.172. The minimum absolute atomic E-state index is 0.0178. The molecule has 4 amide bonds. The maximum absolute atomic E-state index is 12.7. The van der Waals surface area contributed by atoms with Crippen molar-refractivity contribution >= 4 is 29.6 Å². The molecule has 0 aliphatic carbocycles. The van der Waals surface area contributed by atoms with Gasteiger partial charge >= 0.3 is 5.97 Å². The first-order chi connectivity index (χ1) is 14.5. The summed E-state index contributed by atoms with van der Waals surface area (Å²) in [5, 5.41) is 16.6. The number of aromatic nitrogens is 2. The van der Waals surface area contributed by atoms with Crippen LogP contribution in [0, 0.1) is 5.92 Å². The molecule has 1 aromatic heterocycles. The number of carboxylic acid groups (broad SMARTS) is 1. The van der Waals surface area contributed by atoms with Gasteiger partial charge in [0.2, 0.25) is 23.6 Å². The third-order valence-corrected chi connectivity index (χ3v) is 4.59. The normalized spacial score (nSPS) is 14.5. The van der Waals surface area contributed by atoms with E-state index in [0.29, 0.717) is 12.1 Å². The lowest BCUT2D eigenvalue weighted by Gasteiger charge is -2.25. The van der Waals surface area contributed by atoms with Gasteiger partial charge in [-0.25, -0.2) is 9.78 Å². The number of carbonyl (C=O) groups is 5. The predicted molar refractivity (Wildman–Crippen MR) is 108 cm³/mol. The maximum atomic E-state index is 12.7. The molecule has 0 spiro atoms. The fraction of sp³-hybridized carbons (Fsp3) is 0.556. The molecule has 4 unspecified atom stereocenters. The molecular formula is C18H29N7O6. The van der Waals surface area contributed by atoms with Crippen molar-refractivity contribution in [2.45, 2.75) is 51.2 Å². The average molecular weight is 439 g/mol. The summed E-state index contributed by atoms with van der Waals surface area (Å²) in [7, 11) is 0. The fourth-order valence-electron chi connectivity index (χ4n) is 2.61. The Bertz CT molecular complexity index is 782. The number of nitrogens with two attached hydrogens (primary N) is 2. The standard InChI is InChI=1S/C18H29N7O6/c1-3-9(2)15(25-14(27)7-22-16(28)11(19)5-13(20)26)17(29)24-12(18(30)31)4-10-6-21-8-23-10/h6,8-9,11-12,15H,3-5,7,19H2,1-2H3,(H2,20,26)(H,21,23)(H,22,28)(H,24,29)(H,25,27)(H,30,31). The minimum atomic E-state index is -1.24. The monoisotopic (exact) mass is 439 g/mol. The van der Waals surface area contributed by atoms with Gasteiger partial charge in [-0.1, -0.05) is 20.3 Å². The van der Waals surface area contributed by atoms with E-state index in [1.165, 1.54) is 12.5 Å². The van der Waals surface area contributed by atoms with Gasteiger partial charge in [0.15, 0.2) is 0 Å². The summed E-state index contributed by atoms with van der Waals surface area (Å²) >= 11 is 0. The number of H-pyrrole nitrogens is 1. The predicted octanol–water partition coefficient (Wildman–Crippen LogP) is -2.63. The number of primary amides is 1. The van der Waals surface area contributed by atoms with E-state index in [0.717, 1.165) is 0 Å². The van der Waals surface area contributed by atoms with Gasteiger partial charge < -0.3 is 37.5 Å². The lowest BCUT2D eigenvalue weighted by molar-refractivity contribution is -0.142. The molecule has 1 heterocycles. The number of carboxylic acids is 1. The molecule has 4 atom stereocenters. The van der Waals surface area contributed by atoms with E-state index in [4.69, 9.17) is 11.5 Å². The Balaban J connectivity index is 2.72. The summed E-state index contributed by atoms with van der Waals surface area (Å²) in [5.41, 5.74) is 11.0. The highest BCUT2D eigenvalue weighted by Gasteiger charge is 2.30. The number of aromatic amines is 1. The summed E-state index contributed by atoms with van der Waals surface area (Å²) in [5.74, 6) is -4.43. The highest BCUT2D eigenvalue weighted by molar-refractivity contribution is 5.93. The lowest BCUT2D eigenvalue weighted by Crippen LogP contribution is -2.56. The van der Waals surface area contributed by atoms with Gasteiger partial charge in [0, 0.05) is 18.3 Å². The Morgan fingerprint density at radius 2 is 1.87 bits per heavy atom. The second-order valence-corrected chi connectivity index (χ2v) is 7.11. The van der Waals surface area contributed by atoms with Gasteiger partial charge in [-0.05, 0) is 5.92 Å². The van der Waals surface area contributed by atoms with Crippen LogP contribution in [0.1, 0.15) is 32.4 Å². The van der Waals surface area contributed by atoms with Crippen LogP contribution >= 0.6 is 0 Å². The Morgan fingerprint density at radius 3 is 2.39 bits per heavy atom. The summed E-state index contributed by atoms with van der Waals surface area (Å²) in [4.78, 5) is 65.7. The Morgan fingerprint density at radius 1 is 1.19 bits per heavy atom. The van der Waals surface area contributed by atoms with Crippen LogP contribution in [-0.4, -0.2) is 69.3 Å². The van der Waals surface area contributed by atoms with Crippen LogP contribution < -0.4 is 27.4 Å². The van der Waals surface area contributed by atoms with E-state index in [9.17, 15) is 29.1 Å². The molecule has 0 aliphatic heterocycles. The molecule has 0 radical (unpaired) electrons. The molecule has 9 N–H and O–H groups in total. The van der Waals surface area contributed by atoms with Crippen LogP contribution in [0.25, 0.3) is 0 Å². The average Bonchev–Trinajstić information content (AvgIpc) is 3.21. The first-order valence-electron chi connectivity index (χ1n) is 9.66. The molecular weight excluding hydrogens is 410 g/mol. The number of rotatable bonds is 13. The zero-order valence-electron chi connectivity index (χ0n) is 17.4. The maximum Gasteiger partial charge on any atom is 0.326 e. The van der Waals surface area contributed by atoms with Crippen LogP contribution in [0.2, 0.25) is 0 Å². The molecule has 0 saturated heterocycles. The van der Waals surface area contributed by atoms with Gasteiger partial charge in [-0.2, -0.15) is 0 Å². The van der Waals surface area contributed by atoms with Gasteiger partial charge in [0.1, 0.15) is 12.1 Å². The van der Waals surface area contributed by atoms with Crippen molar-refractivity contribution in [3.8, 4) is 0 Å². The van der Waals surface area contributed by atoms with E-state index in [2.05, 4.69) is 25.9 Å². The molecule has 0 aromatic carbocycles. The largest absolute Gasteiger partial charge is 0.480 e. The molecule has 0 aliphatic rings. The van der Waals surface area contributed by atoms with Crippen molar-refractivity contribution in [3.05, 3.63) is 18.2 Å². The van der Waals surface area contributed by atoms with Gasteiger partial charge in [-0.15, -0.1) is 0 Å². The van der Waals surface area contributed by atoms with Crippen LogP contribution in [0.15, 0.2) is 12.5 Å². The molecule has 1 aromatic rings. The second-order valence-electron chi connectivity index (χ2n) is 7.11. The van der Waals surface area contributed by atoms with Crippen LogP contribution in [0.5, 0.6) is 0 Å². The van der Waals surface area contributed by atoms with Crippen molar-refractivity contribution in [1.29, 1.82) is 0 Å². The zero-order valence-corrected chi connectivity index (χ0v) is 17.4. The number of nitrogens with zero attached hydrogens (tertiary/aromatic N) is 1. The van der Waals surface area contributed by atoms with E-state index in [1.807, 2.05) is 0 Å². The topological polar surface area (TPSA) is 222 Å². The Kier molecular flexibility index (Phi) is 10.1. The van der Waals surface area contributed by atoms with E-state index in [1.54, 1.807) is 13.8 Å². The van der Waals surface area contributed by atoms with Crippen LogP contribution in [0.4, 0.5) is 0 Å². The van der Waals surface area contributed by atoms with Gasteiger partial charge in [-0.3, -0.25) is 19.2 Å². The van der Waals surface area contributed by atoms with Crippen LogP contribution in [-0.2, 0) is 30.4 Å². The molecule has 0 bridgehead atoms. The van der Waals surface area contributed by atoms with E-state index < -0.39 is 54.3 Å². The Labute approximate surface area is 178 Å². The summed E-state index contributed by atoms with van der Waals surface area (Å²) in [6.07, 6.45) is 2.96. The van der Waals surface area contributed by atoms with Gasteiger partial charge in [0.05, 0.1) is 25.3 Å². The number of carbonyl (C=O) groups excluding carboxylic acids is 4. The molecule has 13 nitrogen and oxygen atoms in total. The van der Waals surface area contributed by atoms with E-state index in [-0.39, 0.29) is 18.8 Å². The van der Waals surface area contributed by atoms with Gasteiger partial charge in [0.25, 0.3) is 0 Å². The lowest BCUT2D eigenvalue weighted by atomic mass is 9.97. The highest BCUT2D eigenvalue weighted by atomic mass is 16.4. The number of aliphatic carboxylic acids is 1. The van der Waals surface area contributed by atoms with Crippen molar-refractivity contribution in [2.24, 2.45) is 17.4 Å². The summed E-state index contributed by atoms with van der Waals surface area (Å²) < 4.78 is 0. The third kappa shape index (κ3) is 8.82. The molecule has 1 rings (SSSR count). The third-order valence-electron chi connectivity index (χ3n) is 4.59. The van der Waals surface area contributed by atoms with Crippen molar-refractivity contribution in [3.63, 3.8) is 0 Å². The summed E-state index contributed by atoms with van der Waals surface area (Å²) in [6, 6.07) is -3.46. The van der Waals surface area contributed by atoms with Crippen molar-refractivity contribution in [1.82, 2.24) is 25.9 Å². The van der Waals surface area contributed by atoms with Crippen molar-refractivity contribution in [2.75, 3.05) is 6.54 Å². The molecule has 172 valence electrons. The fourth-order valence-corrected chi connectivity index (χ4v) is 2.61. The number of imidazole rings is 1. The number of hydrogen-bond acceptors (Lipinski definition) is 7. The molecule has 0 fully saturated rings. The smallest absolute Gasteiger partial charge is 0.326 e. The number of amides is 4. The van der Waals surface area contributed by atoms with E-state index >= 15 is 0 Å². The highest BCUT2D eigenvalue weighted by Crippen LogP contribution is 2.09.